The zero-order chi connectivity index (χ0) is 15.1. The highest BCUT2D eigenvalue weighted by Gasteiger charge is 2.15. The van der Waals surface area contributed by atoms with E-state index in [4.69, 9.17) is 4.74 Å². The number of hydrogen-bond acceptors (Lipinski definition) is 5. The molecule has 1 aliphatic rings. The van der Waals surface area contributed by atoms with Crippen LogP contribution >= 0.6 is 0 Å². The lowest BCUT2D eigenvalue weighted by molar-refractivity contribution is 0.0946. The summed E-state index contributed by atoms with van der Waals surface area (Å²) in [7, 11) is 0. The molecule has 1 aliphatic heterocycles. The number of rotatable bonds is 7. The Bertz CT molecular complexity index is 441. The van der Waals surface area contributed by atoms with Crippen LogP contribution in [0, 0.1) is 5.92 Å². The largest absolute Gasteiger partial charge is 0.376 e. The van der Waals surface area contributed by atoms with Gasteiger partial charge in [-0.2, -0.15) is 0 Å². The molecule has 0 radical (unpaired) electrons. The summed E-state index contributed by atoms with van der Waals surface area (Å²) in [5.41, 5.74) is 0.349. The average Bonchev–Trinajstić information content (AvgIpc) is 2.98. The van der Waals surface area contributed by atoms with Gasteiger partial charge >= 0.3 is 0 Å². The molecule has 2 N–H and O–H groups in total. The van der Waals surface area contributed by atoms with Gasteiger partial charge in [0, 0.05) is 19.7 Å². The van der Waals surface area contributed by atoms with Gasteiger partial charge in [-0.1, -0.05) is 13.8 Å². The molecule has 116 valence electrons. The molecule has 21 heavy (non-hydrogen) atoms. The molecular weight excluding hydrogens is 268 g/mol. The van der Waals surface area contributed by atoms with E-state index in [2.05, 4.69) is 34.7 Å². The SMILES string of the molecule is CC(C)CCNC(=O)c1ccc(NCC2CCCO2)nn1. The quantitative estimate of drug-likeness (QED) is 0.802. The number of aromatic nitrogens is 2. The van der Waals surface area contributed by atoms with Gasteiger partial charge in [0.25, 0.3) is 5.91 Å². The van der Waals surface area contributed by atoms with Crippen molar-refractivity contribution in [1.82, 2.24) is 15.5 Å². The Morgan fingerprint density at radius 2 is 2.29 bits per heavy atom. The van der Waals surface area contributed by atoms with Crippen molar-refractivity contribution in [3.8, 4) is 0 Å². The van der Waals surface area contributed by atoms with Crippen molar-refractivity contribution in [3.05, 3.63) is 17.8 Å². The first kappa shape index (κ1) is 15.7. The van der Waals surface area contributed by atoms with Gasteiger partial charge < -0.3 is 15.4 Å². The van der Waals surface area contributed by atoms with Crippen molar-refractivity contribution in [3.63, 3.8) is 0 Å². The summed E-state index contributed by atoms with van der Waals surface area (Å²) in [5.74, 6) is 1.07. The minimum absolute atomic E-state index is 0.172. The Kier molecular flexibility index (Phi) is 5.92. The second kappa shape index (κ2) is 7.93. The zero-order valence-corrected chi connectivity index (χ0v) is 12.8. The highest BCUT2D eigenvalue weighted by molar-refractivity contribution is 5.92. The van der Waals surface area contributed by atoms with Crippen molar-refractivity contribution in [1.29, 1.82) is 0 Å². The molecule has 6 nitrogen and oxygen atoms in total. The fraction of sp³-hybridized carbons (Fsp3) is 0.667. The summed E-state index contributed by atoms with van der Waals surface area (Å²) in [4.78, 5) is 11.9. The van der Waals surface area contributed by atoms with Crippen LogP contribution in [0.5, 0.6) is 0 Å². The van der Waals surface area contributed by atoms with Crippen LogP contribution in [-0.4, -0.2) is 41.9 Å². The maximum atomic E-state index is 11.9. The second-order valence-electron chi connectivity index (χ2n) is 5.76. The van der Waals surface area contributed by atoms with Crippen LogP contribution in [0.2, 0.25) is 0 Å². The minimum Gasteiger partial charge on any atom is -0.376 e. The fourth-order valence-corrected chi connectivity index (χ4v) is 2.14. The number of ether oxygens (including phenoxy) is 1. The molecule has 1 fully saturated rings. The number of carbonyl (C=O) groups is 1. The van der Waals surface area contributed by atoms with E-state index < -0.39 is 0 Å². The third-order valence-electron chi connectivity index (χ3n) is 3.44. The molecule has 0 aromatic carbocycles. The Morgan fingerprint density at radius 1 is 1.43 bits per heavy atom. The number of anilines is 1. The lowest BCUT2D eigenvalue weighted by Crippen LogP contribution is -2.26. The summed E-state index contributed by atoms with van der Waals surface area (Å²) in [5, 5.41) is 14.0. The van der Waals surface area contributed by atoms with Crippen LogP contribution in [0.15, 0.2) is 12.1 Å². The summed E-state index contributed by atoms with van der Waals surface area (Å²) in [6.45, 7) is 6.49. The molecular formula is C15H24N4O2. The van der Waals surface area contributed by atoms with Gasteiger partial charge in [-0.25, -0.2) is 0 Å². The smallest absolute Gasteiger partial charge is 0.271 e. The Hall–Kier alpha value is -1.69. The minimum atomic E-state index is -0.172. The van der Waals surface area contributed by atoms with E-state index in [1.165, 1.54) is 0 Å². The van der Waals surface area contributed by atoms with Crippen molar-refractivity contribution in [2.45, 2.75) is 39.2 Å². The molecule has 0 bridgehead atoms. The molecule has 0 spiro atoms. The van der Waals surface area contributed by atoms with E-state index in [9.17, 15) is 4.79 Å². The van der Waals surface area contributed by atoms with Crippen LogP contribution in [-0.2, 0) is 4.74 Å². The summed E-state index contributed by atoms with van der Waals surface area (Å²) in [6, 6.07) is 3.47. The Morgan fingerprint density at radius 3 is 2.90 bits per heavy atom. The van der Waals surface area contributed by atoms with Crippen LogP contribution < -0.4 is 10.6 Å². The maximum absolute atomic E-state index is 11.9. The summed E-state index contributed by atoms with van der Waals surface area (Å²) < 4.78 is 5.53. The van der Waals surface area contributed by atoms with Crippen molar-refractivity contribution in [2.75, 3.05) is 25.0 Å². The van der Waals surface area contributed by atoms with Gasteiger partial charge in [-0.15, -0.1) is 10.2 Å². The normalized spacial score (nSPS) is 18.0. The second-order valence-corrected chi connectivity index (χ2v) is 5.76. The summed E-state index contributed by atoms with van der Waals surface area (Å²) in [6.07, 6.45) is 3.41. The van der Waals surface area contributed by atoms with Gasteiger partial charge in [0.1, 0.15) is 5.82 Å². The molecule has 1 unspecified atom stereocenters. The highest BCUT2D eigenvalue weighted by atomic mass is 16.5. The van der Waals surface area contributed by atoms with E-state index in [1.54, 1.807) is 12.1 Å². The topological polar surface area (TPSA) is 76.1 Å². The van der Waals surface area contributed by atoms with Gasteiger partial charge in [-0.05, 0) is 37.3 Å². The molecule has 1 aromatic heterocycles. The number of hydrogen-bond donors (Lipinski definition) is 2. The average molecular weight is 292 g/mol. The summed E-state index contributed by atoms with van der Waals surface area (Å²) >= 11 is 0. The van der Waals surface area contributed by atoms with Crippen molar-refractivity contribution >= 4 is 11.7 Å². The molecule has 2 rings (SSSR count). The predicted octanol–water partition coefficient (Wildman–Crippen LogP) is 1.84. The van der Waals surface area contributed by atoms with Crippen LogP contribution in [0.3, 0.4) is 0 Å². The molecule has 1 saturated heterocycles. The molecule has 6 heteroatoms. The highest BCUT2D eigenvalue weighted by Crippen LogP contribution is 2.12. The van der Waals surface area contributed by atoms with Gasteiger partial charge in [0.15, 0.2) is 5.69 Å². The monoisotopic (exact) mass is 292 g/mol. The number of nitrogens with one attached hydrogen (secondary N) is 2. The maximum Gasteiger partial charge on any atom is 0.271 e. The van der Waals surface area contributed by atoms with E-state index in [0.29, 0.717) is 24.0 Å². The third kappa shape index (κ3) is 5.30. The molecule has 1 atom stereocenters. The van der Waals surface area contributed by atoms with E-state index >= 15 is 0 Å². The van der Waals surface area contributed by atoms with Crippen molar-refractivity contribution < 1.29 is 9.53 Å². The fourth-order valence-electron chi connectivity index (χ4n) is 2.14. The standard InChI is InChI=1S/C15H24N4O2/c1-11(2)7-8-16-15(20)13-5-6-14(19-18-13)17-10-12-4-3-9-21-12/h5-6,11-12H,3-4,7-10H2,1-2H3,(H,16,20)(H,17,19). The first-order valence-electron chi connectivity index (χ1n) is 7.62. The lowest BCUT2D eigenvalue weighted by Gasteiger charge is -2.11. The predicted molar refractivity (Wildman–Crippen MR) is 81.3 cm³/mol. The number of nitrogens with zero attached hydrogens (tertiary/aromatic N) is 2. The van der Waals surface area contributed by atoms with Gasteiger partial charge in [-0.3, -0.25) is 4.79 Å². The molecule has 0 saturated carbocycles. The van der Waals surface area contributed by atoms with Crippen LogP contribution in [0.25, 0.3) is 0 Å². The third-order valence-corrected chi connectivity index (χ3v) is 3.44. The molecule has 1 amide bonds. The Labute approximate surface area is 125 Å². The number of amides is 1. The van der Waals surface area contributed by atoms with Crippen LogP contribution in [0.4, 0.5) is 5.82 Å². The van der Waals surface area contributed by atoms with E-state index in [1.807, 2.05) is 0 Å². The van der Waals surface area contributed by atoms with E-state index in [-0.39, 0.29) is 12.0 Å². The first-order chi connectivity index (χ1) is 10.1. The lowest BCUT2D eigenvalue weighted by atomic mass is 10.1. The Balaban J connectivity index is 1.76. The molecule has 2 heterocycles. The molecule has 1 aromatic rings. The number of carbonyl (C=O) groups excluding carboxylic acids is 1. The van der Waals surface area contributed by atoms with Gasteiger partial charge in [0.2, 0.25) is 0 Å². The zero-order valence-electron chi connectivity index (χ0n) is 12.8. The first-order valence-corrected chi connectivity index (χ1v) is 7.62. The van der Waals surface area contributed by atoms with Crippen LogP contribution in [0.1, 0.15) is 43.6 Å². The van der Waals surface area contributed by atoms with E-state index in [0.717, 1.165) is 32.4 Å². The van der Waals surface area contributed by atoms with Gasteiger partial charge in [0.05, 0.1) is 6.10 Å². The van der Waals surface area contributed by atoms with Crippen molar-refractivity contribution in [2.24, 2.45) is 5.92 Å². The molecule has 0 aliphatic carbocycles.